The van der Waals surface area contributed by atoms with Gasteiger partial charge in [-0.1, -0.05) is 0 Å². The van der Waals surface area contributed by atoms with Crippen molar-refractivity contribution in [2.24, 2.45) is 0 Å². The second-order valence-electron chi connectivity index (χ2n) is 4.18. The minimum absolute atomic E-state index is 0.122. The lowest BCUT2D eigenvalue weighted by Gasteiger charge is -2.31. The molecule has 1 aliphatic rings. The van der Waals surface area contributed by atoms with E-state index in [0.717, 1.165) is 29.2 Å². The number of hydrogen-bond donors (Lipinski definition) is 2. The summed E-state index contributed by atoms with van der Waals surface area (Å²) in [6, 6.07) is 2.11. The summed E-state index contributed by atoms with van der Waals surface area (Å²) in [5.74, 6) is 2.68. The summed E-state index contributed by atoms with van der Waals surface area (Å²) < 4.78 is 5.83. The van der Waals surface area contributed by atoms with E-state index in [0.29, 0.717) is 5.82 Å². The van der Waals surface area contributed by atoms with Crippen LogP contribution in [-0.2, 0) is 4.74 Å². The molecule has 2 heterocycles. The van der Waals surface area contributed by atoms with Crippen LogP contribution in [0.5, 0.6) is 0 Å². The summed E-state index contributed by atoms with van der Waals surface area (Å²) in [4.78, 5) is 4.18. The van der Waals surface area contributed by atoms with Gasteiger partial charge in [0.2, 0.25) is 0 Å². The third kappa shape index (κ3) is 2.73. The molecule has 94 valence electrons. The van der Waals surface area contributed by atoms with Crippen molar-refractivity contribution in [2.45, 2.75) is 19.1 Å². The molecule has 1 saturated heterocycles. The molecule has 17 heavy (non-hydrogen) atoms. The maximum absolute atomic E-state index is 5.99. The predicted molar refractivity (Wildman–Crippen MR) is 72.3 cm³/mol. The third-order valence-corrected chi connectivity index (χ3v) is 4.09. The Hall–Kier alpha value is -0.780. The van der Waals surface area contributed by atoms with Crippen LogP contribution in [0.3, 0.4) is 0 Å². The average Bonchev–Trinajstić information content (AvgIpc) is 2.35. The summed E-state index contributed by atoms with van der Waals surface area (Å²) >= 11 is 1.93. The van der Waals surface area contributed by atoms with E-state index >= 15 is 0 Å². The first kappa shape index (κ1) is 12.7. The number of rotatable bonds is 3. The van der Waals surface area contributed by atoms with Crippen molar-refractivity contribution in [1.82, 2.24) is 10.3 Å². The Kier molecular flexibility index (Phi) is 4.25. The fourth-order valence-corrected chi connectivity index (χ4v) is 3.11. The van der Waals surface area contributed by atoms with Crippen LogP contribution in [0.4, 0.5) is 5.82 Å². The quantitative estimate of drug-likeness (QED) is 0.852. The van der Waals surface area contributed by atoms with Crippen molar-refractivity contribution in [3.8, 4) is 0 Å². The number of nitrogens with two attached hydrogens (primary N) is 1. The van der Waals surface area contributed by atoms with Gasteiger partial charge in [-0.15, -0.1) is 0 Å². The van der Waals surface area contributed by atoms with Crippen molar-refractivity contribution < 1.29 is 4.74 Å². The van der Waals surface area contributed by atoms with E-state index in [9.17, 15) is 0 Å². The van der Waals surface area contributed by atoms with E-state index in [1.54, 1.807) is 6.20 Å². The molecule has 5 heteroatoms. The monoisotopic (exact) mass is 253 g/mol. The minimum atomic E-state index is 0.122. The highest BCUT2D eigenvalue weighted by Gasteiger charge is 2.27. The molecular formula is C12H19N3OS. The fraction of sp³-hybridized carbons (Fsp3) is 0.583. The first-order valence-electron chi connectivity index (χ1n) is 5.81. The molecule has 0 radical (unpaired) electrons. The number of ether oxygens (including phenoxy) is 1. The molecular weight excluding hydrogens is 234 g/mol. The second kappa shape index (κ2) is 5.71. The normalized spacial score (nSPS) is 22.4. The van der Waals surface area contributed by atoms with E-state index < -0.39 is 0 Å². The van der Waals surface area contributed by atoms with Gasteiger partial charge >= 0.3 is 0 Å². The smallest absolute Gasteiger partial charge is 0.128 e. The van der Waals surface area contributed by atoms with E-state index in [1.807, 2.05) is 24.9 Å². The van der Waals surface area contributed by atoms with Crippen LogP contribution in [0.25, 0.3) is 0 Å². The van der Waals surface area contributed by atoms with E-state index in [4.69, 9.17) is 10.5 Å². The number of nitrogens with one attached hydrogen (secondary N) is 1. The van der Waals surface area contributed by atoms with Crippen LogP contribution < -0.4 is 11.1 Å². The van der Waals surface area contributed by atoms with Gasteiger partial charge in [0, 0.05) is 23.3 Å². The Morgan fingerprint density at radius 3 is 3.06 bits per heavy atom. The summed E-state index contributed by atoms with van der Waals surface area (Å²) in [7, 11) is 1.94. The van der Waals surface area contributed by atoms with Crippen LogP contribution in [0.15, 0.2) is 12.3 Å². The molecule has 1 fully saturated rings. The molecule has 0 aliphatic carbocycles. The lowest BCUT2D eigenvalue weighted by Crippen LogP contribution is -2.37. The van der Waals surface area contributed by atoms with Gasteiger partial charge in [0.05, 0.1) is 18.8 Å². The molecule has 1 aromatic rings. The number of aryl methyl sites for hydroxylation is 1. The lowest BCUT2D eigenvalue weighted by atomic mass is 9.98. The molecule has 0 bridgehead atoms. The van der Waals surface area contributed by atoms with E-state index in [2.05, 4.69) is 17.2 Å². The van der Waals surface area contributed by atoms with Gasteiger partial charge in [-0.3, -0.25) is 0 Å². The van der Waals surface area contributed by atoms with Gasteiger partial charge < -0.3 is 15.8 Å². The van der Waals surface area contributed by atoms with Gasteiger partial charge in [0.15, 0.2) is 0 Å². The Labute approximate surface area is 106 Å². The first-order chi connectivity index (χ1) is 8.24. The Morgan fingerprint density at radius 1 is 1.65 bits per heavy atom. The average molecular weight is 253 g/mol. The van der Waals surface area contributed by atoms with Crippen molar-refractivity contribution in [1.29, 1.82) is 0 Å². The molecule has 2 atom stereocenters. The second-order valence-corrected chi connectivity index (χ2v) is 5.33. The van der Waals surface area contributed by atoms with Gasteiger partial charge in [-0.2, -0.15) is 11.8 Å². The highest BCUT2D eigenvalue weighted by Crippen LogP contribution is 2.29. The molecule has 2 rings (SSSR count). The number of pyridine rings is 1. The summed E-state index contributed by atoms with van der Waals surface area (Å²) in [6.45, 7) is 2.88. The number of anilines is 1. The Morgan fingerprint density at radius 2 is 2.47 bits per heavy atom. The summed E-state index contributed by atoms with van der Waals surface area (Å²) in [5, 5.41) is 3.31. The fourth-order valence-electron chi connectivity index (χ4n) is 2.21. The zero-order valence-electron chi connectivity index (χ0n) is 10.3. The van der Waals surface area contributed by atoms with E-state index in [-0.39, 0.29) is 12.1 Å². The van der Waals surface area contributed by atoms with Gasteiger partial charge in [-0.05, 0) is 25.6 Å². The number of aromatic nitrogens is 1. The number of likely N-dealkylation sites (N-methyl/N-ethyl adjacent to an activating group) is 1. The van der Waals surface area contributed by atoms with Crippen LogP contribution in [0, 0.1) is 6.92 Å². The van der Waals surface area contributed by atoms with Crippen LogP contribution in [0.2, 0.25) is 0 Å². The molecule has 4 nitrogen and oxygen atoms in total. The minimum Gasteiger partial charge on any atom is -0.383 e. The summed E-state index contributed by atoms with van der Waals surface area (Å²) in [6.07, 6.45) is 1.92. The lowest BCUT2D eigenvalue weighted by molar-refractivity contribution is 0.0488. The number of nitrogens with zero attached hydrogens (tertiary/aromatic N) is 1. The van der Waals surface area contributed by atoms with E-state index in [1.165, 1.54) is 0 Å². The molecule has 1 aliphatic heterocycles. The van der Waals surface area contributed by atoms with Crippen LogP contribution in [-0.4, -0.2) is 36.2 Å². The number of nitrogen functional groups attached to an aromatic ring is 1. The molecule has 1 aromatic heterocycles. The van der Waals surface area contributed by atoms with Crippen LogP contribution >= 0.6 is 11.8 Å². The Balaban J connectivity index is 2.27. The zero-order chi connectivity index (χ0) is 12.3. The molecule has 0 aromatic carbocycles. The maximum atomic E-state index is 5.99. The zero-order valence-corrected chi connectivity index (χ0v) is 11.1. The molecule has 2 unspecified atom stereocenters. The topological polar surface area (TPSA) is 60.2 Å². The Bertz CT molecular complexity index is 360. The molecule has 0 amide bonds. The predicted octanol–water partition coefficient (Wildman–Crippen LogP) is 1.36. The van der Waals surface area contributed by atoms with Gasteiger partial charge in [0.1, 0.15) is 5.82 Å². The van der Waals surface area contributed by atoms with Gasteiger partial charge in [0.25, 0.3) is 0 Å². The highest BCUT2D eigenvalue weighted by atomic mass is 32.2. The SMILES string of the molecule is CNC(c1c(C)ccnc1N)C1CSCCO1. The van der Waals surface area contributed by atoms with Crippen molar-refractivity contribution in [3.63, 3.8) is 0 Å². The van der Waals surface area contributed by atoms with Crippen molar-refractivity contribution in [3.05, 3.63) is 23.4 Å². The number of hydrogen-bond acceptors (Lipinski definition) is 5. The molecule has 0 saturated carbocycles. The largest absolute Gasteiger partial charge is 0.383 e. The summed E-state index contributed by atoms with van der Waals surface area (Å²) in [5.41, 5.74) is 8.23. The number of thioether (sulfide) groups is 1. The van der Waals surface area contributed by atoms with Gasteiger partial charge in [-0.25, -0.2) is 4.98 Å². The third-order valence-electron chi connectivity index (χ3n) is 3.07. The van der Waals surface area contributed by atoms with Crippen molar-refractivity contribution in [2.75, 3.05) is 30.9 Å². The van der Waals surface area contributed by atoms with Crippen molar-refractivity contribution >= 4 is 17.6 Å². The first-order valence-corrected chi connectivity index (χ1v) is 6.97. The molecule has 3 N–H and O–H groups in total. The molecule has 0 spiro atoms. The maximum Gasteiger partial charge on any atom is 0.128 e. The highest BCUT2D eigenvalue weighted by molar-refractivity contribution is 7.99. The standard InChI is InChI=1S/C12H19N3OS/c1-8-3-4-15-12(13)10(8)11(14-2)9-7-17-6-5-16-9/h3-4,9,11,14H,5-7H2,1-2H3,(H2,13,15). The van der Waals surface area contributed by atoms with Crippen LogP contribution in [0.1, 0.15) is 17.2 Å².